The van der Waals surface area contributed by atoms with E-state index in [9.17, 15) is 14.0 Å². The van der Waals surface area contributed by atoms with E-state index < -0.39 is 5.67 Å². The van der Waals surface area contributed by atoms with Crippen molar-refractivity contribution in [2.24, 2.45) is 5.92 Å². The summed E-state index contributed by atoms with van der Waals surface area (Å²) in [6, 6.07) is 14.7. The molecule has 194 valence electrons. The van der Waals surface area contributed by atoms with Gasteiger partial charge in [-0.05, 0) is 94.4 Å². The number of nitrogens with one attached hydrogen (secondary N) is 2. The summed E-state index contributed by atoms with van der Waals surface area (Å²) >= 11 is 0. The monoisotopic (exact) mass is 495 g/mol. The van der Waals surface area contributed by atoms with Gasteiger partial charge >= 0.3 is 0 Å². The first-order chi connectivity index (χ1) is 17.3. The number of ether oxygens (including phenoxy) is 1. The largest absolute Gasteiger partial charge is 0.493 e. The summed E-state index contributed by atoms with van der Waals surface area (Å²) in [7, 11) is 0. The van der Waals surface area contributed by atoms with Crippen LogP contribution in [0.3, 0.4) is 0 Å². The van der Waals surface area contributed by atoms with Gasteiger partial charge in [-0.15, -0.1) is 0 Å². The zero-order chi connectivity index (χ0) is 25.5. The second-order valence-corrected chi connectivity index (χ2v) is 10.6. The topological polar surface area (TPSA) is 70.7 Å². The maximum atomic E-state index is 13.9. The molecule has 2 aromatic carbocycles. The lowest BCUT2D eigenvalue weighted by Gasteiger charge is -2.34. The molecule has 6 nitrogen and oxygen atoms in total. The zero-order valence-electron chi connectivity index (χ0n) is 21.4. The standard InChI is InChI=1S/C29H38FN3O3/c1-29(2,30)20-33-17-14-21(15-18-33)19-36-23-12-10-22(11-13-23)24-7-3-4-8-25(24)27(34)32-28(35)26-9-5-6-16-31-26/h3-4,7-8,10-13,21,26,31H,5-6,9,14-20H2,1-2H3,(H,32,34,35). The molecule has 36 heavy (non-hydrogen) atoms. The molecule has 1 unspecified atom stereocenters. The fourth-order valence-electron chi connectivity index (χ4n) is 5.06. The van der Waals surface area contributed by atoms with Crippen LogP contribution in [0.1, 0.15) is 56.3 Å². The van der Waals surface area contributed by atoms with E-state index in [1.807, 2.05) is 36.4 Å². The van der Waals surface area contributed by atoms with Crippen molar-refractivity contribution in [2.45, 2.75) is 57.7 Å². The number of imide groups is 1. The Morgan fingerprint density at radius 2 is 1.78 bits per heavy atom. The van der Waals surface area contributed by atoms with E-state index >= 15 is 0 Å². The van der Waals surface area contributed by atoms with Gasteiger partial charge in [-0.2, -0.15) is 0 Å². The number of piperidine rings is 2. The van der Waals surface area contributed by atoms with E-state index in [2.05, 4.69) is 15.5 Å². The number of benzene rings is 2. The molecular weight excluding hydrogens is 457 g/mol. The third kappa shape index (κ3) is 7.37. The van der Waals surface area contributed by atoms with E-state index in [4.69, 9.17) is 4.74 Å². The van der Waals surface area contributed by atoms with Crippen LogP contribution in [-0.2, 0) is 4.79 Å². The van der Waals surface area contributed by atoms with Gasteiger partial charge in [-0.25, -0.2) is 4.39 Å². The average Bonchev–Trinajstić information content (AvgIpc) is 2.88. The Bertz CT molecular complexity index is 1020. The van der Waals surface area contributed by atoms with Crippen LogP contribution in [0.4, 0.5) is 4.39 Å². The number of alkyl halides is 1. The number of likely N-dealkylation sites (tertiary alicyclic amines) is 1. The Balaban J connectivity index is 1.32. The van der Waals surface area contributed by atoms with Gasteiger partial charge in [0.2, 0.25) is 5.91 Å². The lowest BCUT2D eigenvalue weighted by molar-refractivity contribution is -0.122. The highest BCUT2D eigenvalue weighted by atomic mass is 19.1. The number of amides is 2. The lowest BCUT2D eigenvalue weighted by atomic mass is 9.96. The Morgan fingerprint density at radius 1 is 1.06 bits per heavy atom. The highest BCUT2D eigenvalue weighted by Crippen LogP contribution is 2.27. The third-order valence-corrected chi connectivity index (χ3v) is 6.99. The summed E-state index contributed by atoms with van der Waals surface area (Å²) in [5.41, 5.74) is 0.970. The molecule has 2 N–H and O–H groups in total. The van der Waals surface area contributed by atoms with Crippen molar-refractivity contribution in [3.05, 3.63) is 54.1 Å². The molecule has 2 saturated heterocycles. The quantitative estimate of drug-likeness (QED) is 0.524. The van der Waals surface area contributed by atoms with Crippen molar-refractivity contribution in [3.8, 4) is 16.9 Å². The van der Waals surface area contributed by atoms with Crippen LogP contribution in [-0.4, -0.2) is 61.2 Å². The first-order valence-electron chi connectivity index (χ1n) is 13.1. The highest BCUT2D eigenvalue weighted by Gasteiger charge is 2.26. The van der Waals surface area contributed by atoms with Gasteiger partial charge in [0, 0.05) is 12.1 Å². The highest BCUT2D eigenvalue weighted by molar-refractivity contribution is 6.09. The van der Waals surface area contributed by atoms with E-state index in [1.54, 1.807) is 26.0 Å². The molecular formula is C29H38FN3O3. The molecule has 0 spiro atoms. The summed E-state index contributed by atoms with van der Waals surface area (Å²) in [6.07, 6.45) is 4.80. The van der Waals surface area contributed by atoms with Gasteiger partial charge in [0.25, 0.3) is 5.91 Å². The Morgan fingerprint density at radius 3 is 2.44 bits per heavy atom. The van der Waals surface area contributed by atoms with E-state index in [0.29, 0.717) is 24.6 Å². The number of hydrogen-bond acceptors (Lipinski definition) is 5. The fraction of sp³-hybridized carbons (Fsp3) is 0.517. The fourth-order valence-corrected chi connectivity index (χ4v) is 5.06. The number of hydrogen-bond donors (Lipinski definition) is 2. The molecule has 0 aliphatic carbocycles. The van der Waals surface area contributed by atoms with Gasteiger partial charge in [0.05, 0.1) is 12.6 Å². The summed E-state index contributed by atoms with van der Waals surface area (Å²) in [5, 5.41) is 5.75. The minimum Gasteiger partial charge on any atom is -0.493 e. The van der Waals surface area contributed by atoms with Crippen molar-refractivity contribution in [1.29, 1.82) is 0 Å². The lowest BCUT2D eigenvalue weighted by Crippen LogP contribution is -2.48. The number of carbonyl (C=O) groups excluding carboxylic acids is 2. The minimum absolute atomic E-state index is 0.266. The molecule has 2 heterocycles. The average molecular weight is 496 g/mol. The van der Waals surface area contributed by atoms with Crippen molar-refractivity contribution in [3.63, 3.8) is 0 Å². The summed E-state index contributed by atoms with van der Waals surface area (Å²) in [6.45, 7) is 6.98. The summed E-state index contributed by atoms with van der Waals surface area (Å²) < 4.78 is 19.9. The smallest absolute Gasteiger partial charge is 0.258 e. The predicted molar refractivity (Wildman–Crippen MR) is 140 cm³/mol. The third-order valence-electron chi connectivity index (χ3n) is 6.99. The molecule has 0 radical (unpaired) electrons. The summed E-state index contributed by atoms with van der Waals surface area (Å²) in [5.74, 6) is 0.596. The van der Waals surface area contributed by atoms with Gasteiger partial charge < -0.3 is 15.0 Å². The van der Waals surface area contributed by atoms with Crippen molar-refractivity contribution in [2.75, 3.05) is 32.8 Å². The van der Waals surface area contributed by atoms with Crippen molar-refractivity contribution in [1.82, 2.24) is 15.5 Å². The SMILES string of the molecule is CC(C)(F)CN1CCC(COc2ccc(-c3ccccc3C(=O)NC(=O)C3CCCCN3)cc2)CC1. The van der Waals surface area contributed by atoms with E-state index in [-0.39, 0.29) is 17.9 Å². The number of rotatable bonds is 8. The van der Waals surface area contributed by atoms with Crippen LogP contribution < -0.4 is 15.4 Å². The van der Waals surface area contributed by atoms with Crippen LogP contribution in [0.15, 0.2) is 48.5 Å². The first kappa shape index (κ1) is 26.3. The first-order valence-corrected chi connectivity index (χ1v) is 13.1. The van der Waals surface area contributed by atoms with Crippen LogP contribution in [0.25, 0.3) is 11.1 Å². The molecule has 2 fully saturated rings. The zero-order valence-corrected chi connectivity index (χ0v) is 21.4. The van der Waals surface area contributed by atoms with Crippen LogP contribution in [0.5, 0.6) is 5.75 Å². The van der Waals surface area contributed by atoms with Gasteiger partial charge in [-0.3, -0.25) is 14.9 Å². The van der Waals surface area contributed by atoms with Gasteiger partial charge in [0.15, 0.2) is 0 Å². The molecule has 2 aromatic rings. The molecule has 0 saturated carbocycles. The van der Waals surface area contributed by atoms with E-state index in [1.165, 1.54) is 0 Å². The number of nitrogens with zero attached hydrogens (tertiary/aromatic N) is 1. The molecule has 4 rings (SSSR count). The minimum atomic E-state index is -1.16. The van der Waals surface area contributed by atoms with Gasteiger partial charge in [-0.1, -0.05) is 36.8 Å². The van der Waals surface area contributed by atoms with Crippen LogP contribution in [0, 0.1) is 5.92 Å². The second kappa shape index (κ2) is 12.0. The Hall–Kier alpha value is -2.77. The molecule has 0 aromatic heterocycles. The van der Waals surface area contributed by atoms with Crippen LogP contribution in [0.2, 0.25) is 0 Å². The van der Waals surface area contributed by atoms with Crippen molar-refractivity contribution < 1.29 is 18.7 Å². The van der Waals surface area contributed by atoms with Crippen molar-refractivity contribution >= 4 is 11.8 Å². The molecule has 2 aliphatic rings. The van der Waals surface area contributed by atoms with Gasteiger partial charge in [0.1, 0.15) is 11.4 Å². The maximum Gasteiger partial charge on any atom is 0.258 e. The summed E-state index contributed by atoms with van der Waals surface area (Å²) in [4.78, 5) is 27.6. The van der Waals surface area contributed by atoms with E-state index in [0.717, 1.165) is 68.6 Å². The Kier molecular flexibility index (Phi) is 8.75. The molecule has 0 bridgehead atoms. The molecule has 2 aliphatic heterocycles. The number of carbonyl (C=O) groups is 2. The number of halogens is 1. The second-order valence-electron chi connectivity index (χ2n) is 10.6. The molecule has 1 atom stereocenters. The maximum absolute atomic E-state index is 13.9. The van der Waals surface area contributed by atoms with Crippen LogP contribution >= 0.6 is 0 Å². The normalized spacial score (nSPS) is 19.6. The Labute approximate surface area is 213 Å². The predicted octanol–water partition coefficient (Wildman–Crippen LogP) is 4.59. The molecule has 7 heteroatoms. The molecule has 2 amide bonds.